The fourth-order valence-electron chi connectivity index (χ4n) is 9.97. The van der Waals surface area contributed by atoms with Gasteiger partial charge in [-0.15, -0.1) is 0 Å². The standard InChI is InChI=1S/C49H90F6O4Si4/c1-43(2,3)62(16,17)56-39-33-36(34-40(35-39)57-63(18,19)44(4,5)6)26-27-38-24-21-31-46(9)41(28-29-42(38)46)37(23-20-30-45(7,8)58-60(10,11)12)25-22-32-47(48(50,51)52,49(53,54)55)59-61(13,14)15/h22,26-27,32,37,39-42H,20-21,23-25,28-31,33-35H2,1-19H3/b32-22+,38-27+/t37-,39+,40+,41+,42-,46+/m0/s1/i7D3,8D3. The van der Waals surface area contributed by atoms with Gasteiger partial charge in [-0.25, -0.2) is 0 Å². The Labute approximate surface area is 393 Å². The summed E-state index contributed by atoms with van der Waals surface area (Å²) in [7, 11) is -10.5. The molecule has 3 aliphatic carbocycles. The number of hydrogen-bond acceptors (Lipinski definition) is 4. The van der Waals surface area contributed by atoms with Crippen LogP contribution in [0.1, 0.15) is 147 Å². The van der Waals surface area contributed by atoms with Gasteiger partial charge in [0.1, 0.15) is 0 Å². The SMILES string of the molecule is [2H]C([2H])([2H])C(CCC[C@@H](C/C=C/C(O[Si](C)(C)C)(C(F)(F)F)C(F)(F)F)[C@H]1CC[C@H]2/C(=C/C=C3C[C@@H](O[Si](C)(C)C(C)(C)C)C[C@H](O[Si](C)(C)C(C)(C)C)C3)CCC[C@]12C)(O[Si](C)(C)C)C([2H])([2H])[2H]. The van der Waals surface area contributed by atoms with E-state index in [1.54, 1.807) is 19.6 Å². The second-order valence-electron chi connectivity index (χ2n) is 24.6. The average molecular weight is 976 g/mol. The van der Waals surface area contributed by atoms with E-state index in [0.29, 0.717) is 6.42 Å². The monoisotopic (exact) mass is 975 g/mol. The Balaban J connectivity index is 2.13. The van der Waals surface area contributed by atoms with Crippen molar-refractivity contribution in [3.05, 3.63) is 35.5 Å². The topological polar surface area (TPSA) is 36.9 Å². The van der Waals surface area contributed by atoms with E-state index in [-0.39, 0.29) is 71.3 Å². The minimum atomic E-state index is -5.81. The fourth-order valence-corrected chi connectivity index (χ4v) is 15.1. The zero-order valence-corrected chi connectivity index (χ0v) is 46.1. The summed E-state index contributed by atoms with van der Waals surface area (Å²) in [5.74, 6) is -0.571. The van der Waals surface area contributed by atoms with Crippen LogP contribution in [0.2, 0.25) is 75.5 Å². The molecule has 0 aromatic carbocycles. The van der Waals surface area contributed by atoms with Crippen LogP contribution in [0.15, 0.2) is 35.5 Å². The molecule has 0 N–H and O–H groups in total. The van der Waals surface area contributed by atoms with Gasteiger partial charge >= 0.3 is 12.4 Å². The molecule has 0 aromatic rings. The number of alkyl halides is 6. The molecule has 6 atom stereocenters. The van der Waals surface area contributed by atoms with E-state index < -0.39 is 76.4 Å². The number of rotatable bonds is 17. The van der Waals surface area contributed by atoms with E-state index in [1.165, 1.54) is 30.8 Å². The molecule has 0 aromatic heterocycles. The lowest BCUT2D eigenvalue weighted by molar-refractivity contribution is -0.340. The Kier molecular flexibility index (Phi) is 15.0. The molecule has 0 saturated heterocycles. The van der Waals surface area contributed by atoms with Crippen molar-refractivity contribution in [1.82, 2.24) is 0 Å². The maximum atomic E-state index is 14.7. The van der Waals surface area contributed by atoms with Gasteiger partial charge in [0.15, 0.2) is 33.3 Å². The maximum absolute atomic E-state index is 14.7. The third kappa shape index (κ3) is 15.0. The molecule has 0 heterocycles. The summed E-state index contributed by atoms with van der Waals surface area (Å²) in [6.45, 7) is 27.7. The van der Waals surface area contributed by atoms with Crippen LogP contribution in [0.4, 0.5) is 26.3 Å². The van der Waals surface area contributed by atoms with Gasteiger partial charge in [-0.2, -0.15) is 26.3 Å². The molecule has 4 nitrogen and oxygen atoms in total. The summed E-state index contributed by atoms with van der Waals surface area (Å²) in [4.78, 5) is 0. The van der Waals surface area contributed by atoms with E-state index in [4.69, 9.17) is 25.9 Å². The van der Waals surface area contributed by atoms with Gasteiger partial charge in [-0.3, -0.25) is 0 Å². The number of allylic oxidation sites excluding steroid dienone is 4. The second kappa shape index (κ2) is 19.9. The van der Waals surface area contributed by atoms with Crippen molar-refractivity contribution in [3.63, 3.8) is 0 Å². The Morgan fingerprint density at radius 3 is 1.70 bits per heavy atom. The van der Waals surface area contributed by atoms with Crippen molar-refractivity contribution in [1.29, 1.82) is 0 Å². The summed E-state index contributed by atoms with van der Waals surface area (Å²) >= 11 is 0. The lowest BCUT2D eigenvalue weighted by atomic mass is 9.60. The summed E-state index contributed by atoms with van der Waals surface area (Å²) < 4.78 is 164. The molecule has 3 rings (SSSR count). The van der Waals surface area contributed by atoms with Crippen LogP contribution in [0.25, 0.3) is 0 Å². The highest BCUT2D eigenvalue weighted by Crippen LogP contribution is 2.61. The molecule has 3 fully saturated rings. The van der Waals surface area contributed by atoms with Crippen LogP contribution < -0.4 is 0 Å². The van der Waals surface area contributed by atoms with Gasteiger partial charge < -0.3 is 17.7 Å². The van der Waals surface area contributed by atoms with E-state index in [1.807, 2.05) is 0 Å². The van der Waals surface area contributed by atoms with E-state index >= 15 is 0 Å². The molecule has 0 radical (unpaired) electrons. The minimum Gasteiger partial charge on any atom is -0.414 e. The third-order valence-electron chi connectivity index (χ3n) is 14.9. The molecule has 368 valence electrons. The molecule has 0 unspecified atom stereocenters. The normalized spacial score (nSPS) is 28.6. The minimum absolute atomic E-state index is 0.00966. The molecular weight excluding hydrogens is 879 g/mol. The number of halogens is 6. The molecule has 14 heteroatoms. The highest BCUT2D eigenvalue weighted by Gasteiger charge is 2.71. The van der Waals surface area contributed by atoms with Crippen molar-refractivity contribution in [3.8, 4) is 0 Å². The maximum Gasteiger partial charge on any atom is 0.429 e. The lowest BCUT2D eigenvalue weighted by Crippen LogP contribution is -2.61. The first kappa shape index (κ1) is 47.6. The van der Waals surface area contributed by atoms with Crippen molar-refractivity contribution in [2.24, 2.45) is 23.2 Å². The van der Waals surface area contributed by atoms with Gasteiger partial charge in [-0.1, -0.05) is 84.3 Å². The molecule has 0 bridgehead atoms. The molecule has 0 aliphatic heterocycles. The molecule has 0 amide bonds. The predicted octanol–water partition coefficient (Wildman–Crippen LogP) is 17.1. The summed E-state index contributed by atoms with van der Waals surface area (Å²) in [6.07, 6.45) is -0.00540. The summed E-state index contributed by atoms with van der Waals surface area (Å²) in [5.41, 5.74) is -4.87. The quantitative estimate of drug-likeness (QED) is 0.0827. The first-order valence-electron chi connectivity index (χ1n) is 26.5. The first-order chi connectivity index (χ1) is 30.5. The second-order valence-corrected chi connectivity index (χ2v) is 43.0. The Morgan fingerprint density at radius 2 is 1.25 bits per heavy atom. The molecular formula is C49H90F6O4Si4. The van der Waals surface area contributed by atoms with E-state index in [2.05, 4.69) is 86.8 Å². The first-order valence-corrected chi connectivity index (χ1v) is 36.1. The van der Waals surface area contributed by atoms with Crippen molar-refractivity contribution < 1.29 is 52.3 Å². The summed E-state index contributed by atoms with van der Waals surface area (Å²) in [5, 5.41) is 0.0608. The predicted molar refractivity (Wildman–Crippen MR) is 261 cm³/mol. The van der Waals surface area contributed by atoms with Crippen LogP contribution in [-0.4, -0.2) is 69.0 Å². The van der Waals surface area contributed by atoms with Crippen LogP contribution in [0, 0.1) is 23.2 Å². The van der Waals surface area contributed by atoms with Crippen LogP contribution in [-0.2, 0) is 17.7 Å². The van der Waals surface area contributed by atoms with Crippen molar-refractivity contribution in [2.45, 2.75) is 251 Å². The van der Waals surface area contributed by atoms with Gasteiger partial charge in [0.05, 0.1) is 17.8 Å². The Hall–Kier alpha value is -0.492. The van der Waals surface area contributed by atoms with Crippen molar-refractivity contribution >= 4 is 33.3 Å². The average Bonchev–Trinajstić information content (AvgIpc) is 3.45. The van der Waals surface area contributed by atoms with Crippen molar-refractivity contribution in [2.75, 3.05) is 0 Å². The van der Waals surface area contributed by atoms with Crippen LogP contribution in [0.5, 0.6) is 0 Å². The highest BCUT2D eigenvalue weighted by atomic mass is 28.4. The summed E-state index contributed by atoms with van der Waals surface area (Å²) in [6, 6.07) is 0. The third-order valence-corrected chi connectivity index (χ3v) is 25.8. The lowest BCUT2D eigenvalue weighted by Gasteiger charge is -2.45. The Morgan fingerprint density at radius 1 is 0.746 bits per heavy atom. The molecule has 0 spiro atoms. The van der Waals surface area contributed by atoms with Gasteiger partial charge in [0.25, 0.3) is 5.60 Å². The largest absolute Gasteiger partial charge is 0.429 e. The van der Waals surface area contributed by atoms with Gasteiger partial charge in [0.2, 0.25) is 0 Å². The smallest absolute Gasteiger partial charge is 0.414 e. The van der Waals surface area contributed by atoms with E-state index in [0.717, 1.165) is 51.0 Å². The molecule has 3 aliphatic rings. The zero-order valence-electron chi connectivity index (χ0n) is 48.1. The molecule has 3 saturated carbocycles. The number of hydrogen-bond donors (Lipinski definition) is 0. The number of fused-ring (bicyclic) bond motifs is 1. The van der Waals surface area contributed by atoms with Crippen LogP contribution >= 0.6 is 0 Å². The van der Waals surface area contributed by atoms with E-state index in [9.17, 15) is 26.3 Å². The molecule has 63 heavy (non-hydrogen) atoms. The zero-order chi connectivity index (χ0) is 53.7. The van der Waals surface area contributed by atoms with Gasteiger partial charge in [-0.05, 0) is 189 Å². The highest BCUT2D eigenvalue weighted by molar-refractivity contribution is 6.74. The fraction of sp³-hybridized carbons (Fsp3) is 0.878. The van der Waals surface area contributed by atoms with Crippen LogP contribution in [0.3, 0.4) is 0 Å². The van der Waals surface area contributed by atoms with Gasteiger partial charge in [0, 0.05) is 8.22 Å². The Bertz CT molecular complexity index is 1760.